The summed E-state index contributed by atoms with van der Waals surface area (Å²) in [6.45, 7) is 0.945. The van der Waals surface area contributed by atoms with Crippen LogP contribution < -0.4 is 11.1 Å². The predicted molar refractivity (Wildman–Crippen MR) is 78.0 cm³/mol. The molecule has 4 heteroatoms. The van der Waals surface area contributed by atoms with Gasteiger partial charge in [-0.15, -0.1) is 0 Å². The number of aromatic nitrogens is 2. The molecule has 3 N–H and O–H groups in total. The zero-order valence-corrected chi connectivity index (χ0v) is 11.0. The fourth-order valence-electron chi connectivity index (χ4n) is 2.81. The van der Waals surface area contributed by atoms with E-state index in [4.69, 9.17) is 5.73 Å². The van der Waals surface area contributed by atoms with E-state index in [-0.39, 0.29) is 0 Å². The summed E-state index contributed by atoms with van der Waals surface area (Å²) in [4.78, 5) is 8.98. The first kappa shape index (κ1) is 12.4. The van der Waals surface area contributed by atoms with E-state index >= 15 is 0 Å². The predicted octanol–water partition coefficient (Wildman–Crippen LogP) is 2.56. The summed E-state index contributed by atoms with van der Waals surface area (Å²) in [6.07, 6.45) is 6.62. The van der Waals surface area contributed by atoms with Crippen LogP contribution in [0, 0.1) is 5.92 Å². The molecule has 0 saturated heterocycles. The van der Waals surface area contributed by atoms with Gasteiger partial charge < -0.3 is 11.1 Å². The Morgan fingerprint density at radius 1 is 1.21 bits per heavy atom. The molecular formula is C15H20N4. The topological polar surface area (TPSA) is 63.8 Å². The van der Waals surface area contributed by atoms with E-state index in [1.54, 1.807) is 0 Å². The van der Waals surface area contributed by atoms with Gasteiger partial charge in [-0.25, -0.2) is 4.98 Å². The molecule has 1 aromatic heterocycles. The second kappa shape index (κ2) is 5.53. The van der Waals surface area contributed by atoms with Gasteiger partial charge in [-0.05, 0) is 37.3 Å². The van der Waals surface area contributed by atoms with Gasteiger partial charge in [-0.1, -0.05) is 18.6 Å². The van der Waals surface area contributed by atoms with E-state index in [2.05, 4.69) is 15.3 Å². The highest BCUT2D eigenvalue weighted by Crippen LogP contribution is 2.23. The summed E-state index contributed by atoms with van der Waals surface area (Å²) < 4.78 is 0. The van der Waals surface area contributed by atoms with Crippen LogP contribution in [0.3, 0.4) is 0 Å². The Morgan fingerprint density at radius 2 is 2.05 bits per heavy atom. The third-order valence-corrected chi connectivity index (χ3v) is 3.84. The van der Waals surface area contributed by atoms with Crippen molar-refractivity contribution in [3.63, 3.8) is 0 Å². The normalized spacial score (nSPS) is 23.4. The summed E-state index contributed by atoms with van der Waals surface area (Å²) in [6, 6.07) is 8.31. The number of benzene rings is 1. The molecule has 0 radical (unpaired) electrons. The second-order valence-corrected chi connectivity index (χ2v) is 5.42. The molecule has 3 rings (SSSR count). The Kier molecular flexibility index (Phi) is 3.60. The number of para-hydroxylation sites is 2. The van der Waals surface area contributed by atoms with Crippen molar-refractivity contribution in [2.45, 2.75) is 31.7 Å². The van der Waals surface area contributed by atoms with Crippen molar-refractivity contribution >= 4 is 16.9 Å². The van der Waals surface area contributed by atoms with Crippen LogP contribution in [0.15, 0.2) is 30.5 Å². The maximum atomic E-state index is 6.01. The van der Waals surface area contributed by atoms with Crippen LogP contribution in [-0.2, 0) is 0 Å². The molecule has 19 heavy (non-hydrogen) atoms. The molecule has 0 aliphatic heterocycles. The van der Waals surface area contributed by atoms with Gasteiger partial charge in [0.05, 0.1) is 17.2 Å². The van der Waals surface area contributed by atoms with Crippen LogP contribution >= 0.6 is 0 Å². The molecule has 1 saturated carbocycles. The van der Waals surface area contributed by atoms with E-state index in [1.807, 2.05) is 30.5 Å². The Balaban J connectivity index is 1.64. The number of anilines is 1. The molecule has 0 amide bonds. The minimum atomic E-state index is 0.378. The maximum Gasteiger partial charge on any atom is 0.145 e. The molecule has 1 aliphatic carbocycles. The van der Waals surface area contributed by atoms with Crippen LogP contribution in [-0.4, -0.2) is 22.6 Å². The molecule has 2 aromatic rings. The average Bonchev–Trinajstić information content (AvgIpc) is 2.45. The zero-order valence-electron chi connectivity index (χ0n) is 11.0. The molecule has 100 valence electrons. The SMILES string of the molecule is NC1CCCC(CNc2cnc3ccccc3n2)C1. The molecule has 1 aromatic carbocycles. The Hall–Kier alpha value is -1.68. The van der Waals surface area contributed by atoms with Crippen molar-refractivity contribution in [2.24, 2.45) is 11.7 Å². The van der Waals surface area contributed by atoms with Gasteiger partial charge in [0.1, 0.15) is 5.82 Å². The largest absolute Gasteiger partial charge is 0.368 e. The van der Waals surface area contributed by atoms with Gasteiger partial charge >= 0.3 is 0 Å². The van der Waals surface area contributed by atoms with Gasteiger partial charge in [0.2, 0.25) is 0 Å². The van der Waals surface area contributed by atoms with Crippen LogP contribution in [0.1, 0.15) is 25.7 Å². The van der Waals surface area contributed by atoms with E-state index in [0.717, 1.165) is 29.8 Å². The number of hydrogen-bond acceptors (Lipinski definition) is 4. The highest BCUT2D eigenvalue weighted by molar-refractivity contribution is 5.75. The quantitative estimate of drug-likeness (QED) is 0.886. The molecular weight excluding hydrogens is 236 g/mol. The summed E-state index contributed by atoms with van der Waals surface area (Å²) in [5.41, 5.74) is 7.89. The fraction of sp³-hybridized carbons (Fsp3) is 0.467. The zero-order chi connectivity index (χ0) is 13.1. The van der Waals surface area contributed by atoms with Gasteiger partial charge in [0.15, 0.2) is 0 Å². The van der Waals surface area contributed by atoms with Gasteiger partial charge in [-0.3, -0.25) is 4.98 Å². The van der Waals surface area contributed by atoms with E-state index < -0.39 is 0 Å². The monoisotopic (exact) mass is 256 g/mol. The number of fused-ring (bicyclic) bond motifs is 1. The first-order valence-electron chi connectivity index (χ1n) is 7.02. The third kappa shape index (κ3) is 3.01. The van der Waals surface area contributed by atoms with Crippen molar-refractivity contribution in [2.75, 3.05) is 11.9 Å². The lowest BCUT2D eigenvalue weighted by Crippen LogP contribution is -2.31. The molecule has 1 fully saturated rings. The lowest BCUT2D eigenvalue weighted by atomic mass is 9.86. The lowest BCUT2D eigenvalue weighted by Gasteiger charge is -2.26. The molecule has 4 nitrogen and oxygen atoms in total. The molecule has 1 aliphatic rings. The first-order chi connectivity index (χ1) is 9.31. The number of rotatable bonds is 3. The molecule has 0 spiro atoms. The molecule has 1 heterocycles. The summed E-state index contributed by atoms with van der Waals surface area (Å²) in [5, 5.41) is 3.40. The van der Waals surface area contributed by atoms with E-state index in [9.17, 15) is 0 Å². The van der Waals surface area contributed by atoms with Crippen LogP contribution in [0.5, 0.6) is 0 Å². The highest BCUT2D eigenvalue weighted by Gasteiger charge is 2.18. The Bertz CT molecular complexity index is 555. The van der Waals surface area contributed by atoms with E-state index in [0.29, 0.717) is 12.0 Å². The molecule has 2 atom stereocenters. The third-order valence-electron chi connectivity index (χ3n) is 3.84. The number of hydrogen-bond donors (Lipinski definition) is 2. The fourth-order valence-corrected chi connectivity index (χ4v) is 2.81. The summed E-state index contributed by atoms with van der Waals surface area (Å²) in [5.74, 6) is 1.52. The van der Waals surface area contributed by atoms with Crippen molar-refractivity contribution in [1.82, 2.24) is 9.97 Å². The van der Waals surface area contributed by atoms with Gasteiger partial charge in [0.25, 0.3) is 0 Å². The smallest absolute Gasteiger partial charge is 0.145 e. The second-order valence-electron chi connectivity index (χ2n) is 5.42. The number of nitrogens with zero attached hydrogens (tertiary/aromatic N) is 2. The van der Waals surface area contributed by atoms with Crippen LogP contribution in [0.2, 0.25) is 0 Å². The lowest BCUT2D eigenvalue weighted by molar-refractivity contribution is 0.335. The molecule has 0 bridgehead atoms. The summed E-state index contributed by atoms with van der Waals surface area (Å²) in [7, 11) is 0. The van der Waals surface area contributed by atoms with E-state index in [1.165, 1.54) is 19.3 Å². The molecule has 2 unspecified atom stereocenters. The highest BCUT2D eigenvalue weighted by atomic mass is 15.0. The minimum Gasteiger partial charge on any atom is -0.368 e. The van der Waals surface area contributed by atoms with Crippen LogP contribution in [0.25, 0.3) is 11.0 Å². The first-order valence-corrected chi connectivity index (χ1v) is 7.02. The standard InChI is InChI=1S/C15H20N4/c16-12-5-3-4-11(8-12)9-18-15-10-17-13-6-1-2-7-14(13)19-15/h1-2,6-7,10-12H,3-5,8-9,16H2,(H,18,19). The summed E-state index contributed by atoms with van der Waals surface area (Å²) >= 11 is 0. The van der Waals surface area contributed by atoms with Crippen molar-refractivity contribution in [3.05, 3.63) is 30.5 Å². The average molecular weight is 256 g/mol. The van der Waals surface area contributed by atoms with Crippen molar-refractivity contribution in [3.8, 4) is 0 Å². The number of nitrogens with one attached hydrogen (secondary N) is 1. The van der Waals surface area contributed by atoms with Crippen molar-refractivity contribution in [1.29, 1.82) is 0 Å². The van der Waals surface area contributed by atoms with Crippen molar-refractivity contribution < 1.29 is 0 Å². The number of nitrogens with two attached hydrogens (primary N) is 1. The Morgan fingerprint density at radius 3 is 2.89 bits per heavy atom. The van der Waals surface area contributed by atoms with Gasteiger partial charge in [-0.2, -0.15) is 0 Å². The van der Waals surface area contributed by atoms with Gasteiger partial charge in [0, 0.05) is 12.6 Å². The maximum absolute atomic E-state index is 6.01. The Labute approximate surface area is 113 Å². The minimum absolute atomic E-state index is 0.378. The van der Waals surface area contributed by atoms with Crippen LogP contribution in [0.4, 0.5) is 5.82 Å².